The van der Waals surface area contributed by atoms with Crippen LogP contribution in [0.25, 0.3) is 0 Å². The van der Waals surface area contributed by atoms with Gasteiger partial charge in [0, 0.05) is 6.54 Å². The molecule has 3 fully saturated rings. The molecule has 114 valence electrons. The van der Waals surface area contributed by atoms with Crippen molar-refractivity contribution in [2.75, 3.05) is 6.54 Å². The van der Waals surface area contributed by atoms with Crippen LogP contribution >= 0.6 is 0 Å². The van der Waals surface area contributed by atoms with Crippen molar-refractivity contribution in [1.29, 1.82) is 0 Å². The van der Waals surface area contributed by atoms with Gasteiger partial charge in [-0.25, -0.2) is 0 Å². The fourth-order valence-corrected chi connectivity index (χ4v) is 3.99. The fourth-order valence-electron chi connectivity index (χ4n) is 3.99. The molecule has 1 amide bonds. The molecule has 0 aromatic rings. The van der Waals surface area contributed by atoms with E-state index >= 15 is 0 Å². The predicted molar refractivity (Wildman–Crippen MR) is 81.2 cm³/mol. The van der Waals surface area contributed by atoms with Gasteiger partial charge in [0.2, 0.25) is 5.91 Å². The second-order valence-corrected chi connectivity index (χ2v) is 7.60. The summed E-state index contributed by atoms with van der Waals surface area (Å²) >= 11 is 0. The molecule has 2 unspecified atom stereocenters. The Morgan fingerprint density at radius 1 is 1.20 bits per heavy atom. The molecule has 0 radical (unpaired) electrons. The van der Waals surface area contributed by atoms with Crippen molar-refractivity contribution < 1.29 is 4.79 Å². The highest BCUT2D eigenvalue weighted by molar-refractivity contribution is 5.84. The molecule has 1 saturated heterocycles. The molecular formula is C17H30N2O. The van der Waals surface area contributed by atoms with Gasteiger partial charge in [0.25, 0.3) is 0 Å². The van der Waals surface area contributed by atoms with Gasteiger partial charge in [-0.15, -0.1) is 0 Å². The Bertz CT molecular complexity index is 345. The number of amides is 1. The van der Waals surface area contributed by atoms with Crippen LogP contribution in [-0.2, 0) is 4.79 Å². The first-order valence-electron chi connectivity index (χ1n) is 8.71. The summed E-state index contributed by atoms with van der Waals surface area (Å²) in [4.78, 5) is 14.9. The monoisotopic (exact) mass is 278 g/mol. The van der Waals surface area contributed by atoms with Gasteiger partial charge in [-0.2, -0.15) is 0 Å². The molecule has 0 aromatic carbocycles. The van der Waals surface area contributed by atoms with Gasteiger partial charge < -0.3 is 4.90 Å². The molecule has 20 heavy (non-hydrogen) atoms. The minimum atomic E-state index is 0.0832. The van der Waals surface area contributed by atoms with Crippen LogP contribution in [0.4, 0.5) is 0 Å². The van der Waals surface area contributed by atoms with Crippen molar-refractivity contribution in [3.63, 3.8) is 0 Å². The highest BCUT2D eigenvalue weighted by Crippen LogP contribution is 2.36. The van der Waals surface area contributed by atoms with E-state index < -0.39 is 0 Å². The van der Waals surface area contributed by atoms with Crippen molar-refractivity contribution in [1.82, 2.24) is 10.2 Å². The van der Waals surface area contributed by atoms with E-state index in [1.165, 1.54) is 44.9 Å². The van der Waals surface area contributed by atoms with Crippen molar-refractivity contribution in [3.8, 4) is 0 Å². The highest BCUT2D eigenvalue weighted by atomic mass is 16.2. The Labute approximate surface area is 123 Å². The second kappa shape index (κ2) is 6.05. The maximum Gasteiger partial charge on any atom is 0.241 e. The Balaban J connectivity index is 1.65. The third kappa shape index (κ3) is 3.19. The molecule has 1 N–H and O–H groups in total. The van der Waals surface area contributed by atoms with Crippen LogP contribution in [0, 0.1) is 17.8 Å². The summed E-state index contributed by atoms with van der Waals surface area (Å²) in [5.41, 5.74) is 0. The number of carbonyl (C=O) groups excluding carboxylic acids is 1. The molecule has 3 aliphatic rings. The van der Waals surface area contributed by atoms with E-state index in [4.69, 9.17) is 0 Å². The minimum Gasteiger partial charge on any atom is -0.326 e. The number of carbonyl (C=O) groups is 1. The summed E-state index contributed by atoms with van der Waals surface area (Å²) in [5, 5.41) is 3.68. The molecular weight excluding hydrogens is 248 g/mol. The second-order valence-electron chi connectivity index (χ2n) is 7.60. The average Bonchev–Trinajstić information content (AvgIpc) is 2.97. The lowest BCUT2D eigenvalue weighted by molar-refractivity contribution is -0.131. The van der Waals surface area contributed by atoms with Gasteiger partial charge >= 0.3 is 0 Å². The van der Waals surface area contributed by atoms with Crippen molar-refractivity contribution in [2.24, 2.45) is 17.8 Å². The first-order valence-corrected chi connectivity index (χ1v) is 8.71. The molecule has 3 heteroatoms. The molecule has 3 rings (SSSR count). The summed E-state index contributed by atoms with van der Waals surface area (Å²) in [6.45, 7) is 5.42. The van der Waals surface area contributed by atoms with Crippen LogP contribution in [0.2, 0.25) is 0 Å². The van der Waals surface area contributed by atoms with Crippen LogP contribution in [-0.4, -0.2) is 29.6 Å². The predicted octanol–water partition coefficient (Wildman–Crippen LogP) is 3.15. The molecule has 1 aliphatic heterocycles. The maximum absolute atomic E-state index is 12.7. The Hall–Kier alpha value is -0.570. The molecule has 2 aliphatic carbocycles. The molecule has 2 atom stereocenters. The Kier molecular flexibility index (Phi) is 4.34. The lowest BCUT2D eigenvalue weighted by Gasteiger charge is -2.29. The van der Waals surface area contributed by atoms with Crippen LogP contribution < -0.4 is 5.32 Å². The number of hydrogen-bond acceptors (Lipinski definition) is 2. The fraction of sp³-hybridized carbons (Fsp3) is 0.941. The third-order valence-corrected chi connectivity index (χ3v) is 5.32. The lowest BCUT2D eigenvalue weighted by Crippen LogP contribution is -2.43. The summed E-state index contributed by atoms with van der Waals surface area (Å²) in [7, 11) is 0. The van der Waals surface area contributed by atoms with Gasteiger partial charge in [0.1, 0.15) is 0 Å². The van der Waals surface area contributed by atoms with Crippen molar-refractivity contribution in [2.45, 2.75) is 77.4 Å². The molecule has 0 aromatic heterocycles. The van der Waals surface area contributed by atoms with Gasteiger partial charge in [0.15, 0.2) is 0 Å². The highest BCUT2D eigenvalue weighted by Gasteiger charge is 2.43. The first kappa shape index (κ1) is 14.4. The quantitative estimate of drug-likeness (QED) is 0.809. The zero-order valence-corrected chi connectivity index (χ0v) is 13.1. The zero-order chi connectivity index (χ0) is 14.1. The molecule has 2 saturated carbocycles. The first-order chi connectivity index (χ1) is 9.65. The van der Waals surface area contributed by atoms with Gasteiger partial charge in [-0.05, 0) is 43.4 Å². The number of nitrogens with zero attached hydrogens (tertiary/aromatic N) is 1. The van der Waals surface area contributed by atoms with Crippen LogP contribution in [0.15, 0.2) is 0 Å². The largest absolute Gasteiger partial charge is 0.326 e. The van der Waals surface area contributed by atoms with Gasteiger partial charge in [-0.1, -0.05) is 39.5 Å². The molecule has 1 heterocycles. The van der Waals surface area contributed by atoms with Gasteiger partial charge in [0.05, 0.1) is 12.2 Å². The van der Waals surface area contributed by atoms with E-state index in [1.807, 2.05) is 0 Å². The average molecular weight is 278 g/mol. The number of rotatable bonds is 6. The Morgan fingerprint density at radius 2 is 1.90 bits per heavy atom. The van der Waals surface area contributed by atoms with E-state index in [2.05, 4.69) is 24.1 Å². The van der Waals surface area contributed by atoms with Crippen LogP contribution in [0.1, 0.15) is 65.2 Å². The van der Waals surface area contributed by atoms with Crippen molar-refractivity contribution >= 4 is 5.91 Å². The van der Waals surface area contributed by atoms with E-state index in [1.54, 1.807) is 0 Å². The summed E-state index contributed by atoms with van der Waals surface area (Å²) in [6.07, 6.45) is 10.6. The Morgan fingerprint density at radius 3 is 2.50 bits per heavy atom. The maximum atomic E-state index is 12.7. The summed E-state index contributed by atoms with van der Waals surface area (Å²) < 4.78 is 0. The normalized spacial score (nSPS) is 31.8. The molecule has 3 nitrogen and oxygen atoms in total. The smallest absolute Gasteiger partial charge is 0.241 e. The van der Waals surface area contributed by atoms with E-state index in [9.17, 15) is 4.79 Å². The lowest BCUT2D eigenvalue weighted by atomic mass is 10.0. The topological polar surface area (TPSA) is 32.3 Å². The third-order valence-electron chi connectivity index (χ3n) is 5.32. The van der Waals surface area contributed by atoms with Gasteiger partial charge in [-0.3, -0.25) is 10.1 Å². The standard InChI is InChI=1S/C17H30N2O/c1-12(2)11-15-17(20)19(10-9-13-7-8-13)16(18-15)14-5-3-4-6-14/h12-16,18H,3-11H2,1-2H3. The number of nitrogens with one attached hydrogen (secondary N) is 1. The number of hydrogen-bond donors (Lipinski definition) is 1. The van der Waals surface area contributed by atoms with E-state index in [-0.39, 0.29) is 6.04 Å². The van der Waals surface area contributed by atoms with E-state index in [0.29, 0.717) is 23.9 Å². The van der Waals surface area contributed by atoms with Crippen LogP contribution in [0.5, 0.6) is 0 Å². The minimum absolute atomic E-state index is 0.0832. The molecule has 0 bridgehead atoms. The molecule has 0 spiro atoms. The van der Waals surface area contributed by atoms with E-state index in [0.717, 1.165) is 18.9 Å². The SMILES string of the molecule is CC(C)CC1NC(C2CCCC2)N(CCC2CC2)C1=O. The van der Waals surface area contributed by atoms with Crippen molar-refractivity contribution in [3.05, 3.63) is 0 Å². The summed E-state index contributed by atoms with van der Waals surface area (Å²) in [5.74, 6) is 2.59. The summed E-state index contributed by atoms with van der Waals surface area (Å²) in [6, 6.07) is 0.0832. The zero-order valence-electron chi connectivity index (χ0n) is 13.1. The van der Waals surface area contributed by atoms with Crippen LogP contribution in [0.3, 0.4) is 0 Å².